The summed E-state index contributed by atoms with van der Waals surface area (Å²) in [6.07, 6.45) is 0. The van der Waals surface area contributed by atoms with Crippen molar-refractivity contribution in [2.45, 2.75) is 33.1 Å². The van der Waals surface area contributed by atoms with Crippen LogP contribution in [-0.2, 0) is 0 Å². The molecule has 182 valence electrons. The molecule has 0 saturated heterocycles. The molecule has 1 aliphatic heterocycles. The molecule has 4 aromatic rings. The lowest BCUT2D eigenvalue weighted by Gasteiger charge is -2.25. The van der Waals surface area contributed by atoms with Crippen LogP contribution in [0, 0.1) is 20.8 Å². The van der Waals surface area contributed by atoms with Crippen molar-refractivity contribution in [3.63, 3.8) is 0 Å². The first-order valence-corrected chi connectivity index (χ1v) is 13.9. The van der Waals surface area contributed by atoms with Gasteiger partial charge in [0, 0.05) is 10.2 Å². The van der Waals surface area contributed by atoms with E-state index in [1.807, 2.05) is 18.9 Å². The summed E-state index contributed by atoms with van der Waals surface area (Å²) < 4.78 is 1.07. The number of aliphatic imine (C=N–C) groups is 1. The van der Waals surface area contributed by atoms with Crippen molar-refractivity contribution < 1.29 is 0 Å². The molecule has 2 heterocycles. The Hall–Kier alpha value is -3.01. The van der Waals surface area contributed by atoms with Gasteiger partial charge in [-0.1, -0.05) is 81.5 Å². The first-order valence-electron chi connectivity index (χ1n) is 11.5. The van der Waals surface area contributed by atoms with Crippen molar-refractivity contribution in [2.75, 3.05) is 5.32 Å². The molecule has 5 rings (SSSR count). The van der Waals surface area contributed by atoms with Crippen LogP contribution in [0.5, 0.6) is 0 Å². The van der Waals surface area contributed by atoms with Gasteiger partial charge in [-0.25, -0.2) is 5.01 Å². The Morgan fingerprint density at radius 3 is 2.22 bits per heavy atom. The van der Waals surface area contributed by atoms with Crippen LogP contribution in [0.15, 0.2) is 81.3 Å². The van der Waals surface area contributed by atoms with Gasteiger partial charge >= 0.3 is 0 Å². The molecule has 0 spiro atoms. The summed E-state index contributed by atoms with van der Waals surface area (Å²) >= 11 is 6.67. The predicted molar refractivity (Wildman–Crippen MR) is 156 cm³/mol. The van der Waals surface area contributed by atoms with E-state index in [4.69, 9.17) is 10.1 Å². The van der Waals surface area contributed by atoms with Gasteiger partial charge in [0.2, 0.25) is 11.1 Å². The van der Waals surface area contributed by atoms with E-state index in [1.165, 1.54) is 33.6 Å². The Morgan fingerprint density at radius 2 is 1.58 bits per heavy atom. The number of halogens is 1. The number of hydrogen-bond donors (Lipinski definition) is 1. The minimum Gasteiger partial charge on any atom is -0.324 e. The standard InChI is InChI=1S/C27H25BrN6S2/c1-16-5-14-24(15-17(16)2)29-26(30-27-32-31-18(3)36-27)34-25(35-19(4)33-34)22-8-6-20(7-9-22)21-10-12-23(28)13-11-21/h5-15,25H,1-4H3,(H,29,30,32). The largest absolute Gasteiger partial charge is 0.324 e. The van der Waals surface area contributed by atoms with E-state index in [0.717, 1.165) is 25.8 Å². The van der Waals surface area contributed by atoms with Crippen molar-refractivity contribution in [2.24, 2.45) is 10.1 Å². The van der Waals surface area contributed by atoms with Crippen LogP contribution in [0.25, 0.3) is 11.1 Å². The third-order valence-electron chi connectivity index (χ3n) is 5.82. The van der Waals surface area contributed by atoms with Gasteiger partial charge in [0.05, 0.1) is 5.04 Å². The van der Waals surface area contributed by atoms with Gasteiger partial charge < -0.3 is 5.32 Å². The highest BCUT2D eigenvalue weighted by atomic mass is 79.9. The van der Waals surface area contributed by atoms with Gasteiger partial charge in [-0.05, 0) is 79.8 Å². The van der Waals surface area contributed by atoms with E-state index >= 15 is 0 Å². The zero-order valence-electron chi connectivity index (χ0n) is 20.4. The minimum atomic E-state index is -0.0595. The Bertz CT molecular complexity index is 1440. The average molecular weight is 578 g/mol. The predicted octanol–water partition coefficient (Wildman–Crippen LogP) is 8.07. The molecule has 36 heavy (non-hydrogen) atoms. The second kappa shape index (κ2) is 10.5. The lowest BCUT2D eigenvalue weighted by molar-refractivity contribution is 0.438. The smallest absolute Gasteiger partial charge is 0.234 e. The molecular weight excluding hydrogens is 552 g/mol. The highest BCUT2D eigenvalue weighted by Crippen LogP contribution is 2.40. The average Bonchev–Trinajstić information content (AvgIpc) is 3.46. The number of nitrogens with one attached hydrogen (secondary N) is 1. The van der Waals surface area contributed by atoms with Crippen molar-refractivity contribution >= 4 is 60.9 Å². The summed E-state index contributed by atoms with van der Waals surface area (Å²) in [6.45, 7) is 8.17. The second-order valence-corrected chi connectivity index (χ2v) is 11.9. The fourth-order valence-electron chi connectivity index (χ4n) is 3.80. The monoisotopic (exact) mass is 576 g/mol. The molecule has 0 radical (unpaired) electrons. The summed E-state index contributed by atoms with van der Waals surface area (Å²) in [7, 11) is 0. The van der Waals surface area contributed by atoms with E-state index in [0.29, 0.717) is 11.1 Å². The third-order valence-corrected chi connectivity index (χ3v) is 8.20. The summed E-state index contributed by atoms with van der Waals surface area (Å²) in [5.41, 5.74) is 6.90. The molecule has 1 atom stereocenters. The van der Waals surface area contributed by atoms with Crippen LogP contribution in [0.2, 0.25) is 0 Å². The number of aromatic nitrogens is 2. The molecule has 0 bridgehead atoms. The molecule has 9 heteroatoms. The van der Waals surface area contributed by atoms with Crippen LogP contribution in [0.3, 0.4) is 0 Å². The molecule has 0 saturated carbocycles. The van der Waals surface area contributed by atoms with Crippen LogP contribution >= 0.6 is 39.0 Å². The Balaban J connectivity index is 1.48. The van der Waals surface area contributed by atoms with E-state index in [2.05, 4.69) is 112 Å². The van der Waals surface area contributed by atoms with E-state index in [9.17, 15) is 0 Å². The molecule has 1 aliphatic rings. The highest BCUT2D eigenvalue weighted by molar-refractivity contribution is 9.10. The van der Waals surface area contributed by atoms with Crippen LogP contribution in [0.1, 0.15) is 34.0 Å². The molecule has 0 amide bonds. The van der Waals surface area contributed by atoms with Gasteiger partial charge in [0.15, 0.2) is 0 Å². The lowest BCUT2D eigenvalue weighted by Crippen LogP contribution is -2.32. The first kappa shape index (κ1) is 24.7. The quantitative estimate of drug-likeness (QED) is 0.196. The molecule has 0 fully saturated rings. The molecule has 1 aromatic heterocycles. The maximum Gasteiger partial charge on any atom is 0.234 e. The van der Waals surface area contributed by atoms with Crippen molar-refractivity contribution in [1.82, 2.24) is 15.2 Å². The summed E-state index contributed by atoms with van der Waals surface area (Å²) in [5, 5.41) is 21.0. The topological polar surface area (TPSA) is 65.8 Å². The maximum atomic E-state index is 4.85. The van der Waals surface area contributed by atoms with Gasteiger partial charge in [-0.2, -0.15) is 10.1 Å². The van der Waals surface area contributed by atoms with Crippen LogP contribution in [-0.4, -0.2) is 26.2 Å². The zero-order chi connectivity index (χ0) is 25.2. The van der Waals surface area contributed by atoms with Gasteiger partial charge in [-0.3, -0.25) is 0 Å². The van der Waals surface area contributed by atoms with Gasteiger partial charge in [0.1, 0.15) is 10.4 Å². The first-order chi connectivity index (χ1) is 17.4. The minimum absolute atomic E-state index is 0.0595. The number of guanidine groups is 1. The zero-order valence-corrected chi connectivity index (χ0v) is 23.6. The van der Waals surface area contributed by atoms with Crippen molar-refractivity contribution in [1.29, 1.82) is 0 Å². The number of hydrazone groups is 1. The number of anilines is 1. The highest BCUT2D eigenvalue weighted by Gasteiger charge is 2.31. The molecule has 6 nitrogen and oxygen atoms in total. The Morgan fingerprint density at radius 1 is 0.889 bits per heavy atom. The number of hydrogen-bond acceptors (Lipinski definition) is 6. The third kappa shape index (κ3) is 5.53. The molecule has 0 aliphatic carbocycles. The SMILES string of the molecule is CC1=NN(/C(=N/c2nnc(C)s2)Nc2ccc(C)c(C)c2)C(c2ccc(-c3ccc(Br)cc3)cc2)S1. The lowest BCUT2D eigenvalue weighted by atomic mass is 10.0. The molecule has 1 N–H and O–H groups in total. The van der Waals surface area contributed by atoms with E-state index in [-0.39, 0.29) is 5.37 Å². The van der Waals surface area contributed by atoms with E-state index in [1.54, 1.807) is 11.8 Å². The normalized spacial score (nSPS) is 15.8. The number of thioether (sulfide) groups is 1. The number of benzene rings is 3. The van der Waals surface area contributed by atoms with Gasteiger partial charge in [0.25, 0.3) is 0 Å². The van der Waals surface area contributed by atoms with Crippen molar-refractivity contribution in [3.8, 4) is 11.1 Å². The van der Waals surface area contributed by atoms with E-state index < -0.39 is 0 Å². The molecule has 1 unspecified atom stereocenters. The van der Waals surface area contributed by atoms with Crippen molar-refractivity contribution in [3.05, 3.63) is 92.9 Å². The summed E-state index contributed by atoms with van der Waals surface area (Å²) in [6, 6.07) is 23.3. The fourth-order valence-corrected chi connectivity index (χ4v) is 5.62. The molecule has 3 aromatic carbocycles. The van der Waals surface area contributed by atoms with Gasteiger partial charge in [-0.15, -0.1) is 10.2 Å². The number of nitrogens with zero attached hydrogens (tertiary/aromatic N) is 5. The Labute approximate surface area is 227 Å². The summed E-state index contributed by atoms with van der Waals surface area (Å²) in [4.78, 5) is 4.84. The summed E-state index contributed by atoms with van der Waals surface area (Å²) in [5.74, 6) is 0.612. The molecular formula is C27H25BrN6S2. The second-order valence-electron chi connectivity index (χ2n) is 8.53. The maximum absolute atomic E-state index is 4.85. The van der Waals surface area contributed by atoms with Crippen LogP contribution in [0.4, 0.5) is 10.8 Å². The fraction of sp³-hybridized carbons (Fsp3) is 0.185. The number of rotatable bonds is 4. The Kier molecular flexibility index (Phi) is 7.22. The van der Waals surface area contributed by atoms with Crippen LogP contribution < -0.4 is 5.32 Å². The number of aryl methyl sites for hydroxylation is 3.